The monoisotopic (exact) mass is 276 g/mol. The summed E-state index contributed by atoms with van der Waals surface area (Å²) < 4.78 is 14.1. The lowest BCUT2D eigenvalue weighted by Crippen LogP contribution is -2.19. The van der Waals surface area contributed by atoms with E-state index in [1.54, 1.807) is 6.07 Å². The Morgan fingerprint density at radius 1 is 1.60 bits per heavy atom. The van der Waals surface area contributed by atoms with Gasteiger partial charge in [-0.25, -0.2) is 0 Å². The van der Waals surface area contributed by atoms with E-state index in [-0.39, 0.29) is 12.0 Å². The number of benzene rings is 1. The highest BCUT2D eigenvalue weighted by atomic mass is 19.1. The fourth-order valence-corrected chi connectivity index (χ4v) is 3.10. The average molecular weight is 276 g/mol. The molecule has 1 fully saturated rings. The molecule has 20 heavy (non-hydrogen) atoms. The van der Waals surface area contributed by atoms with Crippen molar-refractivity contribution in [3.63, 3.8) is 0 Å². The standard InChI is InChI=1S/C15H17FN2O2/c1-2-11-6-7-15(8-11,10-17)9-12-4-3-5-13(14(12)16)18(19)20/h3-5,11H,2,6-9H2,1H3. The van der Waals surface area contributed by atoms with E-state index in [1.807, 2.05) is 0 Å². The number of nitriles is 1. The molecule has 2 rings (SSSR count). The molecule has 2 atom stereocenters. The van der Waals surface area contributed by atoms with Crippen molar-refractivity contribution in [1.29, 1.82) is 5.26 Å². The summed E-state index contributed by atoms with van der Waals surface area (Å²) in [5.41, 5.74) is -0.811. The van der Waals surface area contributed by atoms with Crippen LogP contribution in [0, 0.1) is 38.6 Å². The summed E-state index contributed by atoms with van der Waals surface area (Å²) in [6.07, 6.45) is 3.74. The Hall–Kier alpha value is -1.96. The Bertz CT molecular complexity index is 567. The van der Waals surface area contributed by atoms with Gasteiger partial charge in [0.05, 0.1) is 16.4 Å². The van der Waals surface area contributed by atoms with Crippen LogP contribution in [0.1, 0.15) is 38.2 Å². The minimum absolute atomic E-state index is 0.257. The zero-order valence-corrected chi connectivity index (χ0v) is 11.4. The highest BCUT2D eigenvalue weighted by Gasteiger charge is 2.39. The zero-order chi connectivity index (χ0) is 14.8. The van der Waals surface area contributed by atoms with Crippen LogP contribution < -0.4 is 0 Å². The van der Waals surface area contributed by atoms with Crippen molar-refractivity contribution in [1.82, 2.24) is 0 Å². The van der Waals surface area contributed by atoms with Crippen molar-refractivity contribution in [2.45, 2.75) is 39.0 Å². The molecule has 0 heterocycles. The average Bonchev–Trinajstić information content (AvgIpc) is 2.85. The number of rotatable bonds is 4. The van der Waals surface area contributed by atoms with Gasteiger partial charge in [-0.2, -0.15) is 9.65 Å². The summed E-state index contributed by atoms with van der Waals surface area (Å²) >= 11 is 0. The van der Waals surface area contributed by atoms with Crippen molar-refractivity contribution in [2.75, 3.05) is 0 Å². The molecule has 106 valence electrons. The van der Waals surface area contributed by atoms with Crippen LogP contribution in [0.4, 0.5) is 10.1 Å². The SMILES string of the molecule is CCC1CCC(C#N)(Cc2cccc([N+](=O)[O-])c2F)C1. The molecular weight excluding hydrogens is 259 g/mol. The molecule has 0 bridgehead atoms. The second kappa shape index (κ2) is 5.58. The lowest BCUT2D eigenvalue weighted by atomic mass is 9.80. The maximum atomic E-state index is 14.1. The van der Waals surface area contributed by atoms with Gasteiger partial charge in [-0.1, -0.05) is 25.5 Å². The van der Waals surface area contributed by atoms with Crippen LogP contribution in [0.5, 0.6) is 0 Å². The Kier molecular flexibility index (Phi) is 4.03. The number of hydrogen-bond donors (Lipinski definition) is 0. The predicted molar refractivity (Wildman–Crippen MR) is 72.4 cm³/mol. The Balaban J connectivity index is 2.28. The first-order valence-corrected chi connectivity index (χ1v) is 6.84. The van der Waals surface area contributed by atoms with Crippen molar-refractivity contribution >= 4 is 5.69 Å². The predicted octanol–water partition coefficient (Wildman–Crippen LogP) is 4.00. The summed E-state index contributed by atoms with van der Waals surface area (Å²) in [4.78, 5) is 10.0. The van der Waals surface area contributed by atoms with Crippen molar-refractivity contribution < 1.29 is 9.31 Å². The second-order valence-electron chi connectivity index (χ2n) is 5.59. The van der Waals surface area contributed by atoms with Crippen LogP contribution in [-0.4, -0.2) is 4.92 Å². The van der Waals surface area contributed by atoms with Gasteiger partial charge in [-0.15, -0.1) is 0 Å². The number of halogens is 1. The first-order chi connectivity index (χ1) is 9.51. The Labute approximate surface area is 117 Å². The van der Waals surface area contributed by atoms with Gasteiger partial charge in [-0.05, 0) is 37.2 Å². The molecule has 5 heteroatoms. The molecular formula is C15H17FN2O2. The third-order valence-electron chi connectivity index (χ3n) is 4.31. The molecule has 0 radical (unpaired) electrons. The number of nitro groups is 1. The zero-order valence-electron chi connectivity index (χ0n) is 11.4. The van der Waals surface area contributed by atoms with E-state index in [0.29, 0.717) is 5.92 Å². The van der Waals surface area contributed by atoms with Gasteiger partial charge in [0, 0.05) is 6.07 Å². The third-order valence-corrected chi connectivity index (χ3v) is 4.31. The molecule has 0 aliphatic heterocycles. The molecule has 0 saturated heterocycles. The van der Waals surface area contributed by atoms with Gasteiger partial charge in [0.2, 0.25) is 5.82 Å². The van der Waals surface area contributed by atoms with Gasteiger partial charge >= 0.3 is 5.69 Å². The van der Waals surface area contributed by atoms with E-state index >= 15 is 0 Å². The molecule has 1 saturated carbocycles. The third kappa shape index (κ3) is 2.64. The lowest BCUT2D eigenvalue weighted by Gasteiger charge is -2.21. The van der Waals surface area contributed by atoms with Gasteiger partial charge < -0.3 is 0 Å². The van der Waals surface area contributed by atoms with Crippen molar-refractivity contribution in [2.24, 2.45) is 11.3 Å². The molecule has 0 spiro atoms. The smallest absolute Gasteiger partial charge is 0.258 e. The molecule has 1 aliphatic carbocycles. The quantitative estimate of drug-likeness (QED) is 0.616. The summed E-state index contributed by atoms with van der Waals surface area (Å²) in [6, 6.07) is 6.51. The van der Waals surface area contributed by atoms with Crippen LogP contribution in [0.15, 0.2) is 18.2 Å². The fourth-order valence-electron chi connectivity index (χ4n) is 3.10. The number of nitro benzene ring substituents is 1. The molecule has 0 amide bonds. The summed E-state index contributed by atoms with van der Waals surface area (Å²) in [6.45, 7) is 2.09. The van der Waals surface area contributed by atoms with Crippen LogP contribution in [0.3, 0.4) is 0 Å². The first-order valence-electron chi connectivity index (χ1n) is 6.84. The highest BCUT2D eigenvalue weighted by Crippen LogP contribution is 2.45. The first kappa shape index (κ1) is 14.4. The molecule has 0 N–H and O–H groups in total. The van der Waals surface area contributed by atoms with E-state index in [2.05, 4.69) is 13.0 Å². The maximum absolute atomic E-state index is 14.1. The second-order valence-corrected chi connectivity index (χ2v) is 5.59. The van der Waals surface area contributed by atoms with Crippen LogP contribution in [0.25, 0.3) is 0 Å². The van der Waals surface area contributed by atoms with Crippen LogP contribution in [-0.2, 0) is 6.42 Å². The highest BCUT2D eigenvalue weighted by molar-refractivity contribution is 5.37. The molecule has 2 unspecified atom stereocenters. The van der Waals surface area contributed by atoms with E-state index in [4.69, 9.17) is 0 Å². The van der Waals surface area contributed by atoms with Crippen molar-refractivity contribution in [3.05, 3.63) is 39.7 Å². The van der Waals surface area contributed by atoms with Crippen molar-refractivity contribution in [3.8, 4) is 6.07 Å². The summed E-state index contributed by atoms with van der Waals surface area (Å²) in [5.74, 6) is -0.302. The molecule has 1 aromatic rings. The van der Waals surface area contributed by atoms with Gasteiger partial charge in [-0.3, -0.25) is 10.1 Å². The van der Waals surface area contributed by atoms with Gasteiger partial charge in [0.25, 0.3) is 0 Å². The maximum Gasteiger partial charge on any atom is 0.305 e. The fraction of sp³-hybridized carbons (Fsp3) is 0.533. The number of hydrogen-bond acceptors (Lipinski definition) is 3. The Morgan fingerprint density at radius 2 is 2.35 bits per heavy atom. The van der Waals surface area contributed by atoms with Crippen LogP contribution in [0.2, 0.25) is 0 Å². The largest absolute Gasteiger partial charge is 0.305 e. The van der Waals surface area contributed by atoms with E-state index in [9.17, 15) is 19.8 Å². The molecule has 4 nitrogen and oxygen atoms in total. The minimum Gasteiger partial charge on any atom is -0.258 e. The minimum atomic E-state index is -0.799. The lowest BCUT2D eigenvalue weighted by molar-refractivity contribution is -0.387. The van der Waals surface area contributed by atoms with Crippen LogP contribution >= 0.6 is 0 Å². The van der Waals surface area contributed by atoms with Gasteiger partial charge in [0.15, 0.2) is 0 Å². The molecule has 1 aliphatic rings. The molecule has 1 aromatic carbocycles. The van der Waals surface area contributed by atoms with E-state index in [0.717, 1.165) is 31.7 Å². The van der Waals surface area contributed by atoms with Gasteiger partial charge in [0.1, 0.15) is 0 Å². The molecule has 0 aromatic heterocycles. The van der Waals surface area contributed by atoms with E-state index < -0.39 is 21.8 Å². The Morgan fingerprint density at radius 3 is 2.90 bits per heavy atom. The number of nitrogens with zero attached hydrogens (tertiary/aromatic N) is 2. The topological polar surface area (TPSA) is 66.9 Å². The summed E-state index contributed by atoms with van der Waals surface area (Å²) in [5, 5.41) is 20.2. The van der Waals surface area contributed by atoms with E-state index in [1.165, 1.54) is 6.07 Å². The summed E-state index contributed by atoms with van der Waals surface area (Å²) in [7, 11) is 0. The normalized spacial score (nSPS) is 25.4.